The third-order valence-electron chi connectivity index (χ3n) is 4.01. The molecule has 3 aromatic rings. The lowest BCUT2D eigenvalue weighted by molar-refractivity contribution is 0.116. The Morgan fingerprint density at radius 3 is 2.68 bits per heavy atom. The van der Waals surface area contributed by atoms with E-state index in [-0.39, 0.29) is 17.7 Å². The number of aromatic nitrogens is 4. The van der Waals surface area contributed by atoms with Gasteiger partial charge < -0.3 is 9.73 Å². The van der Waals surface area contributed by atoms with Crippen LogP contribution in [0.5, 0.6) is 0 Å². The van der Waals surface area contributed by atoms with Crippen LogP contribution in [0.2, 0.25) is 0 Å². The molecule has 128 valence electrons. The minimum absolute atomic E-state index is 0.00436. The van der Waals surface area contributed by atoms with Crippen molar-refractivity contribution in [3.8, 4) is 11.5 Å². The van der Waals surface area contributed by atoms with Crippen LogP contribution < -0.4 is 5.32 Å². The van der Waals surface area contributed by atoms with E-state index in [2.05, 4.69) is 25.5 Å². The molecule has 2 aromatic heterocycles. The van der Waals surface area contributed by atoms with Gasteiger partial charge in [-0.25, -0.2) is 14.4 Å². The van der Waals surface area contributed by atoms with Crippen LogP contribution in [0.3, 0.4) is 0 Å². The van der Waals surface area contributed by atoms with E-state index in [0.29, 0.717) is 11.5 Å². The number of hydrogen-bond donors (Lipinski definition) is 1. The molecule has 0 bridgehead atoms. The minimum Gasteiger partial charge on any atom is -0.415 e. The molecule has 1 N–H and O–H groups in total. The van der Waals surface area contributed by atoms with Gasteiger partial charge in [0.15, 0.2) is 0 Å². The Bertz CT molecular complexity index is 897. The van der Waals surface area contributed by atoms with Gasteiger partial charge in [0.25, 0.3) is 11.8 Å². The number of hydrogen-bond acceptors (Lipinski definition) is 6. The Hall–Kier alpha value is -2.97. The van der Waals surface area contributed by atoms with E-state index in [9.17, 15) is 13.2 Å². The first kappa shape index (κ1) is 15.6. The summed E-state index contributed by atoms with van der Waals surface area (Å²) in [5, 5.41) is 9.99. The van der Waals surface area contributed by atoms with Gasteiger partial charge in [-0.3, -0.25) is 0 Å². The molecule has 0 saturated carbocycles. The van der Waals surface area contributed by atoms with E-state index >= 15 is 0 Å². The number of alkyl halides is 2. The average Bonchev–Trinajstić information content (AvgIpc) is 3.23. The second kappa shape index (κ2) is 6.15. The molecule has 1 aliphatic carbocycles. The number of aryl methyl sites for hydroxylation is 1. The fraction of sp³-hybridized carbons (Fsp3) is 0.250. The molecular formula is C16H12F3N5O. The molecule has 1 aromatic carbocycles. The van der Waals surface area contributed by atoms with Crippen molar-refractivity contribution < 1.29 is 17.6 Å². The molecule has 1 atom stereocenters. The summed E-state index contributed by atoms with van der Waals surface area (Å²) in [4.78, 5) is 8.30. The van der Waals surface area contributed by atoms with E-state index in [1.54, 1.807) is 6.07 Å². The SMILES string of the molecule is Fc1ccc2c(c1)CCC2Nc1ncc(-c2nnc(C(F)F)o2)cn1. The fourth-order valence-electron chi connectivity index (χ4n) is 2.84. The Morgan fingerprint density at radius 2 is 1.96 bits per heavy atom. The molecule has 2 heterocycles. The summed E-state index contributed by atoms with van der Waals surface area (Å²) in [5.74, 6) is -0.683. The zero-order valence-electron chi connectivity index (χ0n) is 12.8. The molecule has 9 heteroatoms. The van der Waals surface area contributed by atoms with Crippen LogP contribution in [0.4, 0.5) is 19.1 Å². The van der Waals surface area contributed by atoms with Crippen molar-refractivity contribution in [3.05, 3.63) is 53.4 Å². The molecule has 0 spiro atoms. The predicted octanol–water partition coefficient (Wildman–Crippen LogP) is 3.70. The topological polar surface area (TPSA) is 76.7 Å². The third-order valence-corrected chi connectivity index (χ3v) is 4.01. The summed E-state index contributed by atoms with van der Waals surface area (Å²) in [6, 6.07) is 4.72. The van der Waals surface area contributed by atoms with Gasteiger partial charge in [-0.2, -0.15) is 8.78 Å². The quantitative estimate of drug-likeness (QED) is 0.775. The van der Waals surface area contributed by atoms with E-state index in [1.165, 1.54) is 24.5 Å². The summed E-state index contributed by atoms with van der Waals surface area (Å²) in [5.41, 5.74) is 2.34. The highest BCUT2D eigenvalue weighted by atomic mass is 19.3. The summed E-state index contributed by atoms with van der Waals surface area (Å²) in [7, 11) is 0. The van der Waals surface area contributed by atoms with E-state index in [0.717, 1.165) is 24.0 Å². The highest BCUT2D eigenvalue weighted by Crippen LogP contribution is 2.33. The lowest BCUT2D eigenvalue weighted by Gasteiger charge is -2.13. The number of benzene rings is 1. The minimum atomic E-state index is -2.82. The number of rotatable bonds is 4. The maximum absolute atomic E-state index is 13.3. The van der Waals surface area contributed by atoms with Crippen molar-refractivity contribution in [1.82, 2.24) is 20.2 Å². The van der Waals surface area contributed by atoms with Gasteiger partial charge in [-0.05, 0) is 36.1 Å². The highest BCUT2D eigenvalue weighted by Gasteiger charge is 2.23. The standard InChI is InChI=1S/C16H12F3N5O/c17-10-2-3-11-8(5-10)1-4-12(11)22-16-20-6-9(7-21-16)14-23-24-15(25-14)13(18)19/h2-3,5-7,12-13H,1,4H2,(H,20,21,22). The van der Waals surface area contributed by atoms with Crippen molar-refractivity contribution in [2.45, 2.75) is 25.3 Å². The maximum atomic E-state index is 13.3. The summed E-state index contributed by atoms with van der Waals surface area (Å²) in [6.45, 7) is 0. The highest BCUT2D eigenvalue weighted by molar-refractivity contribution is 5.51. The monoisotopic (exact) mass is 347 g/mol. The molecule has 25 heavy (non-hydrogen) atoms. The first-order valence-electron chi connectivity index (χ1n) is 7.59. The van der Waals surface area contributed by atoms with Crippen molar-refractivity contribution in [2.24, 2.45) is 0 Å². The zero-order valence-corrected chi connectivity index (χ0v) is 12.8. The normalized spacial score (nSPS) is 16.2. The van der Waals surface area contributed by atoms with Crippen LogP contribution >= 0.6 is 0 Å². The van der Waals surface area contributed by atoms with Crippen molar-refractivity contribution in [2.75, 3.05) is 5.32 Å². The summed E-state index contributed by atoms with van der Waals surface area (Å²) in [6.07, 6.45) is 1.60. The van der Waals surface area contributed by atoms with E-state index in [4.69, 9.17) is 4.42 Å². The number of anilines is 1. The summed E-state index contributed by atoms with van der Waals surface area (Å²) >= 11 is 0. The number of nitrogens with zero attached hydrogens (tertiary/aromatic N) is 4. The number of fused-ring (bicyclic) bond motifs is 1. The van der Waals surface area contributed by atoms with E-state index < -0.39 is 12.3 Å². The lowest BCUT2D eigenvalue weighted by atomic mass is 10.1. The van der Waals surface area contributed by atoms with Crippen molar-refractivity contribution >= 4 is 5.95 Å². The number of halogens is 3. The van der Waals surface area contributed by atoms with Gasteiger partial charge in [-0.1, -0.05) is 6.07 Å². The molecule has 0 saturated heterocycles. The number of nitrogens with one attached hydrogen (secondary N) is 1. The van der Waals surface area contributed by atoms with Gasteiger partial charge in [0, 0.05) is 12.4 Å². The van der Waals surface area contributed by atoms with E-state index in [1.807, 2.05) is 0 Å². The van der Waals surface area contributed by atoms with Crippen molar-refractivity contribution in [3.63, 3.8) is 0 Å². The van der Waals surface area contributed by atoms with Crippen LogP contribution in [0, 0.1) is 5.82 Å². The molecule has 0 fully saturated rings. The Labute approximate surface area is 140 Å². The average molecular weight is 347 g/mol. The predicted molar refractivity (Wildman–Crippen MR) is 81.4 cm³/mol. The molecule has 0 aliphatic heterocycles. The van der Waals surface area contributed by atoms with Gasteiger partial charge in [0.1, 0.15) is 5.82 Å². The first-order chi connectivity index (χ1) is 12.1. The molecule has 0 amide bonds. The smallest absolute Gasteiger partial charge is 0.314 e. The Balaban J connectivity index is 1.50. The van der Waals surface area contributed by atoms with Crippen LogP contribution in [0.15, 0.2) is 35.0 Å². The van der Waals surface area contributed by atoms with Gasteiger partial charge in [-0.15, -0.1) is 10.2 Å². The van der Waals surface area contributed by atoms with Crippen LogP contribution in [0.1, 0.15) is 35.9 Å². The fourth-order valence-corrected chi connectivity index (χ4v) is 2.84. The van der Waals surface area contributed by atoms with Gasteiger partial charge >= 0.3 is 6.43 Å². The molecule has 4 rings (SSSR count). The van der Waals surface area contributed by atoms with Crippen LogP contribution in [-0.2, 0) is 6.42 Å². The molecule has 1 aliphatic rings. The molecule has 6 nitrogen and oxygen atoms in total. The zero-order chi connectivity index (χ0) is 17.4. The molecule has 1 unspecified atom stereocenters. The summed E-state index contributed by atoms with van der Waals surface area (Å²) < 4.78 is 43.1. The molecular weight excluding hydrogens is 335 g/mol. The molecule has 0 radical (unpaired) electrons. The third kappa shape index (κ3) is 3.04. The first-order valence-corrected chi connectivity index (χ1v) is 7.59. The van der Waals surface area contributed by atoms with Crippen LogP contribution in [-0.4, -0.2) is 20.2 Å². The van der Waals surface area contributed by atoms with Crippen LogP contribution in [0.25, 0.3) is 11.5 Å². The second-order valence-corrected chi connectivity index (χ2v) is 5.62. The van der Waals surface area contributed by atoms with Crippen molar-refractivity contribution in [1.29, 1.82) is 0 Å². The lowest BCUT2D eigenvalue weighted by Crippen LogP contribution is -2.09. The van der Waals surface area contributed by atoms with Gasteiger partial charge in [0.05, 0.1) is 11.6 Å². The maximum Gasteiger partial charge on any atom is 0.314 e. The Morgan fingerprint density at radius 1 is 1.16 bits per heavy atom. The van der Waals surface area contributed by atoms with Gasteiger partial charge in [0.2, 0.25) is 5.95 Å². The second-order valence-electron chi connectivity index (χ2n) is 5.62. The Kier molecular flexibility index (Phi) is 3.83. The largest absolute Gasteiger partial charge is 0.415 e.